The Hall–Kier alpha value is -1.42. The highest BCUT2D eigenvalue weighted by Gasteiger charge is 2.60. The normalized spacial score (nSPS) is 32.7. The van der Waals surface area contributed by atoms with E-state index in [4.69, 9.17) is 28.4 Å². The molecule has 0 spiro atoms. The first-order valence-electron chi connectivity index (χ1n) is 15.7. The number of hydrogen-bond donors (Lipinski definition) is 5. The second kappa shape index (κ2) is 19.2. The lowest BCUT2D eigenvalue weighted by molar-refractivity contribution is -0.386. The maximum absolute atomic E-state index is 13.0. The largest absolute Gasteiger partial charge is 0.460 e. The number of aliphatic hydroxyl groups is 5. The molecule has 9 atom stereocenters. The van der Waals surface area contributed by atoms with E-state index in [1.807, 2.05) is 13.8 Å². The molecule has 0 amide bonds. The van der Waals surface area contributed by atoms with Gasteiger partial charge in [0.2, 0.25) is 12.1 Å². The monoisotopic (exact) mass is 622 g/mol. The second-order valence-corrected chi connectivity index (χ2v) is 11.9. The lowest BCUT2D eigenvalue weighted by Gasteiger charge is -2.46. The number of ether oxygens (including phenoxy) is 6. The highest BCUT2D eigenvalue weighted by molar-refractivity contribution is 5.69. The molecule has 2 aliphatic rings. The van der Waals surface area contributed by atoms with Crippen molar-refractivity contribution in [3.63, 3.8) is 0 Å². The molecular formula is C30H54O13. The molecule has 2 fully saturated rings. The lowest BCUT2D eigenvalue weighted by Crippen LogP contribution is -2.64. The summed E-state index contributed by atoms with van der Waals surface area (Å²) in [6, 6.07) is 0. The van der Waals surface area contributed by atoms with Crippen LogP contribution >= 0.6 is 0 Å². The van der Waals surface area contributed by atoms with Crippen LogP contribution in [0, 0.1) is 5.92 Å². The molecule has 0 aromatic carbocycles. The van der Waals surface area contributed by atoms with E-state index in [-0.39, 0.29) is 18.9 Å². The number of esters is 2. The fourth-order valence-corrected chi connectivity index (χ4v) is 5.20. The summed E-state index contributed by atoms with van der Waals surface area (Å²) >= 11 is 0. The van der Waals surface area contributed by atoms with E-state index >= 15 is 0 Å². The Morgan fingerprint density at radius 1 is 0.860 bits per heavy atom. The molecule has 252 valence electrons. The molecule has 5 N–H and O–H groups in total. The van der Waals surface area contributed by atoms with Gasteiger partial charge in [0.25, 0.3) is 0 Å². The SMILES string of the molecule is CCCCCCCCCCCC(=O)OC1C(OC2(COC(C)=O)OC(CO)C(O)C2O)OC(CO)C(O)C1OCC(C)C. The van der Waals surface area contributed by atoms with Gasteiger partial charge in [0.05, 0.1) is 13.2 Å². The molecule has 0 radical (unpaired) electrons. The number of carbonyl (C=O) groups excluding carboxylic acids is 2. The zero-order chi connectivity index (χ0) is 32.0. The van der Waals surface area contributed by atoms with E-state index in [9.17, 15) is 35.1 Å². The molecule has 13 nitrogen and oxygen atoms in total. The lowest BCUT2D eigenvalue weighted by atomic mass is 9.97. The molecule has 0 aromatic rings. The van der Waals surface area contributed by atoms with Gasteiger partial charge in [-0.15, -0.1) is 0 Å². The zero-order valence-corrected chi connectivity index (χ0v) is 26.1. The molecule has 2 saturated heterocycles. The maximum atomic E-state index is 13.0. The minimum Gasteiger partial charge on any atom is -0.460 e. The molecule has 0 aromatic heterocycles. The van der Waals surface area contributed by atoms with Crippen molar-refractivity contribution < 1.29 is 63.5 Å². The summed E-state index contributed by atoms with van der Waals surface area (Å²) in [6.07, 6.45) is -1.89. The number of aliphatic hydroxyl groups excluding tert-OH is 5. The predicted molar refractivity (Wildman–Crippen MR) is 152 cm³/mol. The average molecular weight is 623 g/mol. The molecule has 43 heavy (non-hydrogen) atoms. The van der Waals surface area contributed by atoms with Crippen molar-refractivity contribution in [2.24, 2.45) is 5.92 Å². The average Bonchev–Trinajstić information content (AvgIpc) is 3.20. The third-order valence-corrected chi connectivity index (χ3v) is 7.65. The van der Waals surface area contributed by atoms with Crippen LogP contribution in [0.1, 0.15) is 91.9 Å². The van der Waals surface area contributed by atoms with E-state index in [1.165, 1.54) is 25.7 Å². The molecule has 2 heterocycles. The van der Waals surface area contributed by atoms with Crippen LogP contribution in [-0.2, 0) is 38.0 Å². The van der Waals surface area contributed by atoms with Crippen molar-refractivity contribution >= 4 is 11.9 Å². The van der Waals surface area contributed by atoms with Gasteiger partial charge in [-0.1, -0.05) is 72.1 Å². The van der Waals surface area contributed by atoms with Gasteiger partial charge in [-0.3, -0.25) is 9.59 Å². The van der Waals surface area contributed by atoms with Crippen LogP contribution in [0.2, 0.25) is 0 Å². The summed E-state index contributed by atoms with van der Waals surface area (Å²) in [5.41, 5.74) is 0. The van der Waals surface area contributed by atoms with E-state index in [0.29, 0.717) is 6.42 Å². The Balaban J connectivity index is 2.21. The Bertz CT molecular complexity index is 811. The molecule has 2 aliphatic heterocycles. The maximum Gasteiger partial charge on any atom is 0.306 e. The summed E-state index contributed by atoms with van der Waals surface area (Å²) in [7, 11) is 0. The minimum absolute atomic E-state index is 0.0380. The smallest absolute Gasteiger partial charge is 0.306 e. The summed E-state index contributed by atoms with van der Waals surface area (Å²) < 4.78 is 34.2. The number of hydrogen-bond acceptors (Lipinski definition) is 13. The van der Waals surface area contributed by atoms with Crippen LogP contribution < -0.4 is 0 Å². The van der Waals surface area contributed by atoms with Crippen LogP contribution in [0.25, 0.3) is 0 Å². The van der Waals surface area contributed by atoms with Gasteiger partial charge >= 0.3 is 11.9 Å². The van der Waals surface area contributed by atoms with Gasteiger partial charge in [0.15, 0.2) is 6.10 Å². The highest BCUT2D eigenvalue weighted by atomic mass is 16.8. The fourth-order valence-electron chi connectivity index (χ4n) is 5.20. The van der Waals surface area contributed by atoms with Crippen molar-refractivity contribution in [3.8, 4) is 0 Å². The summed E-state index contributed by atoms with van der Waals surface area (Å²) in [6.45, 7) is 5.21. The molecule has 0 saturated carbocycles. The van der Waals surface area contributed by atoms with Crippen LogP contribution in [-0.4, -0.2) is 119 Å². The van der Waals surface area contributed by atoms with Crippen molar-refractivity contribution in [1.29, 1.82) is 0 Å². The summed E-state index contributed by atoms with van der Waals surface area (Å²) in [5, 5.41) is 51.9. The van der Waals surface area contributed by atoms with Gasteiger partial charge in [0.1, 0.15) is 43.2 Å². The van der Waals surface area contributed by atoms with Crippen LogP contribution in [0.5, 0.6) is 0 Å². The first-order chi connectivity index (χ1) is 20.5. The third-order valence-electron chi connectivity index (χ3n) is 7.65. The Labute approximate surface area is 254 Å². The van der Waals surface area contributed by atoms with Gasteiger partial charge in [-0.25, -0.2) is 0 Å². The highest BCUT2D eigenvalue weighted by Crippen LogP contribution is 2.38. The second-order valence-electron chi connectivity index (χ2n) is 11.9. The molecule has 0 bridgehead atoms. The van der Waals surface area contributed by atoms with E-state index < -0.39 is 86.6 Å². The Morgan fingerprint density at radius 3 is 2.00 bits per heavy atom. The summed E-state index contributed by atoms with van der Waals surface area (Å²) in [4.78, 5) is 24.6. The van der Waals surface area contributed by atoms with E-state index in [2.05, 4.69) is 6.92 Å². The summed E-state index contributed by atoms with van der Waals surface area (Å²) in [5.74, 6) is -3.53. The number of rotatable bonds is 20. The fraction of sp³-hybridized carbons (Fsp3) is 0.933. The van der Waals surface area contributed by atoms with E-state index in [0.717, 1.165) is 32.6 Å². The van der Waals surface area contributed by atoms with Crippen molar-refractivity contribution in [2.45, 2.75) is 147 Å². The molecule has 13 heteroatoms. The van der Waals surface area contributed by atoms with Gasteiger partial charge < -0.3 is 54.0 Å². The topological polar surface area (TPSA) is 191 Å². The van der Waals surface area contributed by atoms with Gasteiger partial charge in [-0.2, -0.15) is 0 Å². The van der Waals surface area contributed by atoms with Crippen LogP contribution in [0.4, 0.5) is 0 Å². The third kappa shape index (κ3) is 11.5. The van der Waals surface area contributed by atoms with Crippen molar-refractivity contribution in [2.75, 3.05) is 26.4 Å². The first kappa shape index (κ1) is 37.8. The number of carbonyl (C=O) groups is 2. The molecule has 0 aliphatic carbocycles. The minimum atomic E-state index is -2.24. The van der Waals surface area contributed by atoms with Crippen molar-refractivity contribution in [3.05, 3.63) is 0 Å². The molecular weight excluding hydrogens is 568 g/mol. The number of unbranched alkanes of at least 4 members (excludes halogenated alkanes) is 8. The molecule has 9 unspecified atom stereocenters. The van der Waals surface area contributed by atoms with E-state index in [1.54, 1.807) is 0 Å². The molecule has 2 rings (SSSR count). The standard InChI is InChI=1S/C30H54O13/c1-5-6-7-8-9-10-11-12-13-14-23(34)41-27-26(38-17-19(2)3)24(35)21(15-31)40-29(27)43-30(18-39-20(4)33)28(37)25(36)22(16-32)42-30/h19,21-22,24-29,31-32,35-37H,5-18H2,1-4H3. The Kier molecular flexibility index (Phi) is 16.8. The zero-order valence-electron chi connectivity index (χ0n) is 26.1. The van der Waals surface area contributed by atoms with Crippen molar-refractivity contribution in [1.82, 2.24) is 0 Å². The van der Waals surface area contributed by atoms with Gasteiger partial charge in [-0.05, 0) is 12.3 Å². The quantitative estimate of drug-likeness (QED) is 0.0966. The van der Waals surface area contributed by atoms with Gasteiger partial charge in [0, 0.05) is 20.0 Å². The predicted octanol–water partition coefficient (Wildman–Crippen LogP) is 1.33. The first-order valence-corrected chi connectivity index (χ1v) is 15.7. The Morgan fingerprint density at radius 2 is 1.47 bits per heavy atom. The van der Waals surface area contributed by atoms with Crippen LogP contribution in [0.15, 0.2) is 0 Å². The van der Waals surface area contributed by atoms with Crippen LogP contribution in [0.3, 0.4) is 0 Å².